The van der Waals surface area contributed by atoms with Gasteiger partial charge in [0, 0.05) is 12.1 Å². The van der Waals surface area contributed by atoms with Crippen molar-refractivity contribution < 1.29 is 23.2 Å². The topological polar surface area (TPSA) is 115 Å². The molecule has 0 heterocycles. The van der Waals surface area contributed by atoms with Gasteiger partial charge in [0.05, 0.1) is 27.4 Å². The van der Waals surface area contributed by atoms with Crippen molar-refractivity contribution in [1.29, 1.82) is 0 Å². The van der Waals surface area contributed by atoms with Gasteiger partial charge in [-0.3, -0.25) is 14.9 Å². The minimum Gasteiger partial charge on any atom is -0.481 e. The van der Waals surface area contributed by atoms with Gasteiger partial charge in [-0.25, -0.2) is 8.42 Å². The van der Waals surface area contributed by atoms with Gasteiger partial charge in [-0.15, -0.1) is 0 Å². The first kappa shape index (κ1) is 16.4. The maximum absolute atomic E-state index is 11.8. The maximum Gasteiger partial charge on any atom is 0.307 e. The molecule has 1 atom stereocenters. The number of aliphatic carboxylic acids is 1. The Morgan fingerprint density at radius 3 is 2.55 bits per heavy atom. The average molecular weight is 322 g/mol. The van der Waals surface area contributed by atoms with Gasteiger partial charge >= 0.3 is 5.97 Å². The number of nitro benzene ring substituents is 1. The fourth-order valence-electron chi connectivity index (χ4n) is 1.51. The normalized spacial score (nSPS) is 12.9. The van der Waals surface area contributed by atoms with Crippen molar-refractivity contribution in [1.82, 2.24) is 0 Å². The molecule has 0 aliphatic heterocycles. The number of non-ortho nitro benzene ring substituents is 1. The molecular formula is C11H12ClNO6S. The van der Waals surface area contributed by atoms with Crippen LogP contribution in [0.15, 0.2) is 18.2 Å². The van der Waals surface area contributed by atoms with Crippen molar-refractivity contribution in [3.05, 3.63) is 38.9 Å². The van der Waals surface area contributed by atoms with Gasteiger partial charge in [0.1, 0.15) is 0 Å². The number of nitrogens with zero attached hydrogens (tertiary/aromatic N) is 1. The number of sulfone groups is 1. The summed E-state index contributed by atoms with van der Waals surface area (Å²) < 4.78 is 23.7. The number of benzene rings is 1. The van der Waals surface area contributed by atoms with Crippen LogP contribution in [-0.4, -0.2) is 30.2 Å². The summed E-state index contributed by atoms with van der Waals surface area (Å²) in [4.78, 5) is 20.5. The standard InChI is InChI=1S/C11H12ClNO6S/c1-7(11(14)15)5-20(18,19)6-8-2-3-9(13(16)17)4-10(8)12/h2-4,7H,5-6H2,1H3,(H,14,15). The van der Waals surface area contributed by atoms with Crippen molar-refractivity contribution in [2.24, 2.45) is 5.92 Å². The van der Waals surface area contributed by atoms with Crippen molar-refractivity contribution in [3.8, 4) is 0 Å². The fraction of sp³-hybridized carbons (Fsp3) is 0.364. The monoisotopic (exact) mass is 321 g/mol. The second-order valence-electron chi connectivity index (χ2n) is 4.33. The van der Waals surface area contributed by atoms with Gasteiger partial charge in [-0.2, -0.15) is 0 Å². The quantitative estimate of drug-likeness (QED) is 0.632. The Bertz CT molecular complexity index is 642. The van der Waals surface area contributed by atoms with Gasteiger partial charge in [0.25, 0.3) is 5.69 Å². The Morgan fingerprint density at radius 1 is 1.50 bits per heavy atom. The van der Waals surface area contributed by atoms with Crippen molar-refractivity contribution in [3.63, 3.8) is 0 Å². The van der Waals surface area contributed by atoms with Crippen LogP contribution in [-0.2, 0) is 20.4 Å². The van der Waals surface area contributed by atoms with Crippen LogP contribution in [0, 0.1) is 16.0 Å². The number of carboxylic acids is 1. The second kappa shape index (κ2) is 6.19. The summed E-state index contributed by atoms with van der Waals surface area (Å²) >= 11 is 5.79. The van der Waals surface area contributed by atoms with Gasteiger partial charge in [0.15, 0.2) is 9.84 Å². The third-order valence-electron chi connectivity index (χ3n) is 2.55. The first-order valence-electron chi connectivity index (χ1n) is 5.48. The molecule has 0 spiro atoms. The number of rotatable bonds is 6. The lowest BCUT2D eigenvalue weighted by Crippen LogP contribution is -2.22. The number of hydrogen-bond acceptors (Lipinski definition) is 5. The Kier molecular flexibility index (Phi) is 5.07. The lowest BCUT2D eigenvalue weighted by Gasteiger charge is -2.09. The molecule has 1 aromatic carbocycles. The first-order chi connectivity index (χ1) is 9.12. The van der Waals surface area contributed by atoms with E-state index in [4.69, 9.17) is 16.7 Å². The molecule has 1 N–H and O–H groups in total. The molecule has 110 valence electrons. The summed E-state index contributed by atoms with van der Waals surface area (Å²) in [6.07, 6.45) is 0. The second-order valence-corrected chi connectivity index (χ2v) is 6.84. The summed E-state index contributed by atoms with van der Waals surface area (Å²) in [6.45, 7) is 1.29. The first-order valence-corrected chi connectivity index (χ1v) is 7.68. The van der Waals surface area contributed by atoms with Gasteiger partial charge in [0.2, 0.25) is 0 Å². The number of halogens is 1. The van der Waals surface area contributed by atoms with Gasteiger partial charge in [-0.05, 0) is 11.6 Å². The lowest BCUT2D eigenvalue weighted by molar-refractivity contribution is -0.384. The Hall–Kier alpha value is -1.67. The highest BCUT2D eigenvalue weighted by Gasteiger charge is 2.22. The molecule has 0 amide bonds. The van der Waals surface area contributed by atoms with E-state index in [0.717, 1.165) is 12.1 Å². The Balaban J connectivity index is 2.93. The van der Waals surface area contributed by atoms with Crippen LogP contribution in [0.25, 0.3) is 0 Å². The predicted octanol–water partition coefficient (Wildman–Crippen LogP) is 1.88. The van der Waals surface area contributed by atoms with E-state index in [-0.39, 0.29) is 16.3 Å². The van der Waals surface area contributed by atoms with E-state index in [2.05, 4.69) is 0 Å². The molecule has 0 saturated carbocycles. The third kappa shape index (κ3) is 4.46. The zero-order valence-corrected chi connectivity index (χ0v) is 12.0. The van der Waals surface area contributed by atoms with E-state index < -0.39 is 38.2 Å². The molecule has 0 aliphatic carbocycles. The Morgan fingerprint density at radius 2 is 2.10 bits per heavy atom. The van der Waals surface area contributed by atoms with E-state index >= 15 is 0 Å². The van der Waals surface area contributed by atoms with Crippen LogP contribution in [0.5, 0.6) is 0 Å². The van der Waals surface area contributed by atoms with E-state index in [1.807, 2.05) is 0 Å². The lowest BCUT2D eigenvalue weighted by atomic mass is 10.2. The van der Waals surface area contributed by atoms with Crippen LogP contribution in [0.4, 0.5) is 5.69 Å². The molecule has 7 nitrogen and oxygen atoms in total. The highest BCUT2D eigenvalue weighted by atomic mass is 35.5. The molecule has 1 aromatic rings. The van der Waals surface area contributed by atoms with E-state index in [1.165, 1.54) is 13.0 Å². The smallest absolute Gasteiger partial charge is 0.307 e. The van der Waals surface area contributed by atoms with Gasteiger partial charge in [-0.1, -0.05) is 18.5 Å². The van der Waals surface area contributed by atoms with Crippen LogP contribution < -0.4 is 0 Å². The van der Waals surface area contributed by atoms with E-state index in [0.29, 0.717) is 0 Å². The fourth-order valence-corrected chi connectivity index (χ4v) is 3.58. The molecular weight excluding hydrogens is 310 g/mol. The van der Waals surface area contributed by atoms with Crippen LogP contribution in [0.2, 0.25) is 5.02 Å². The zero-order valence-electron chi connectivity index (χ0n) is 10.4. The summed E-state index contributed by atoms with van der Waals surface area (Å²) in [6, 6.07) is 3.47. The Labute approximate surface area is 120 Å². The number of carbonyl (C=O) groups is 1. The van der Waals surface area contributed by atoms with Crippen molar-refractivity contribution in [2.45, 2.75) is 12.7 Å². The predicted molar refractivity (Wildman–Crippen MR) is 72.4 cm³/mol. The highest BCUT2D eigenvalue weighted by Crippen LogP contribution is 2.24. The minimum atomic E-state index is -3.67. The maximum atomic E-state index is 11.8. The summed E-state index contributed by atoms with van der Waals surface area (Å²) in [5.41, 5.74) is -0.0371. The average Bonchev–Trinajstić information content (AvgIpc) is 2.30. The molecule has 0 aromatic heterocycles. The molecule has 1 unspecified atom stereocenters. The van der Waals surface area contributed by atoms with Crippen LogP contribution in [0.3, 0.4) is 0 Å². The zero-order chi connectivity index (χ0) is 15.5. The highest BCUT2D eigenvalue weighted by molar-refractivity contribution is 7.90. The molecule has 9 heteroatoms. The largest absolute Gasteiger partial charge is 0.481 e. The van der Waals surface area contributed by atoms with E-state index in [9.17, 15) is 23.3 Å². The molecule has 0 fully saturated rings. The molecule has 20 heavy (non-hydrogen) atoms. The minimum absolute atomic E-state index is 0.0363. The summed E-state index contributed by atoms with van der Waals surface area (Å²) in [5.74, 6) is -3.21. The molecule has 0 aliphatic rings. The number of hydrogen-bond donors (Lipinski definition) is 1. The molecule has 0 radical (unpaired) electrons. The number of carboxylic acid groups (broad SMARTS) is 1. The molecule has 0 saturated heterocycles. The third-order valence-corrected chi connectivity index (χ3v) is 4.66. The molecule has 0 bridgehead atoms. The van der Waals surface area contributed by atoms with E-state index in [1.54, 1.807) is 0 Å². The van der Waals surface area contributed by atoms with Crippen molar-refractivity contribution >= 4 is 33.1 Å². The van der Waals surface area contributed by atoms with Crippen molar-refractivity contribution in [2.75, 3.05) is 5.75 Å². The van der Waals surface area contributed by atoms with Crippen LogP contribution in [0.1, 0.15) is 12.5 Å². The van der Waals surface area contributed by atoms with Crippen LogP contribution >= 0.6 is 11.6 Å². The van der Waals surface area contributed by atoms with Gasteiger partial charge < -0.3 is 5.11 Å². The summed E-state index contributed by atoms with van der Waals surface area (Å²) in [5, 5.41) is 19.2. The molecule has 1 rings (SSSR count). The number of nitro groups is 1. The summed E-state index contributed by atoms with van der Waals surface area (Å²) in [7, 11) is -3.67. The SMILES string of the molecule is CC(CS(=O)(=O)Cc1ccc([N+](=O)[O-])cc1Cl)C(=O)O.